The average molecular weight is 189 g/mol. The van der Waals surface area contributed by atoms with E-state index in [0.717, 1.165) is 11.8 Å². The maximum absolute atomic E-state index is 4.24. The molecule has 14 heavy (non-hydrogen) atoms. The summed E-state index contributed by atoms with van der Waals surface area (Å²) in [5.41, 5.74) is 0. The molecule has 1 aromatic heterocycles. The summed E-state index contributed by atoms with van der Waals surface area (Å²) in [5.74, 6) is 1.79. The van der Waals surface area contributed by atoms with Gasteiger partial charge in [0.05, 0.1) is 6.04 Å². The monoisotopic (exact) mass is 189 g/mol. The van der Waals surface area contributed by atoms with E-state index in [1.807, 2.05) is 11.0 Å². The van der Waals surface area contributed by atoms with E-state index in [0.29, 0.717) is 6.04 Å². The maximum atomic E-state index is 4.24. The molecule has 0 bridgehead atoms. The Morgan fingerprint density at radius 1 is 1.07 bits per heavy atom. The maximum Gasteiger partial charge on any atom is 0.137 e. The molecule has 1 saturated carbocycles. The van der Waals surface area contributed by atoms with Gasteiger partial charge in [0.15, 0.2) is 0 Å². The molecule has 0 aliphatic heterocycles. The third kappa shape index (κ3) is 1.27. The van der Waals surface area contributed by atoms with Gasteiger partial charge in [-0.1, -0.05) is 12.2 Å². The normalized spacial score (nSPS) is 32.0. The van der Waals surface area contributed by atoms with Crippen molar-refractivity contribution in [2.24, 2.45) is 11.8 Å². The van der Waals surface area contributed by atoms with Crippen LogP contribution < -0.4 is 0 Å². The molecule has 1 aromatic rings. The molecule has 2 aliphatic carbocycles. The Morgan fingerprint density at radius 3 is 2.36 bits per heavy atom. The van der Waals surface area contributed by atoms with Crippen LogP contribution in [0.1, 0.15) is 31.7 Å². The van der Waals surface area contributed by atoms with Crippen LogP contribution in [-0.4, -0.2) is 14.8 Å². The van der Waals surface area contributed by atoms with E-state index in [1.165, 1.54) is 25.7 Å². The van der Waals surface area contributed by atoms with E-state index in [2.05, 4.69) is 22.2 Å². The zero-order valence-corrected chi connectivity index (χ0v) is 8.21. The van der Waals surface area contributed by atoms with Gasteiger partial charge in [-0.25, -0.2) is 9.67 Å². The summed E-state index contributed by atoms with van der Waals surface area (Å²) in [7, 11) is 0. The molecule has 3 heteroatoms. The standard InChI is InChI=1S/C11H15N3/c1-2-4-10-6-11(5-9(10)3-1)14-8-12-7-13-14/h1-2,7-11H,3-6H2/t9-,10-/m0/s1. The van der Waals surface area contributed by atoms with Crippen LogP contribution in [0.3, 0.4) is 0 Å². The van der Waals surface area contributed by atoms with Gasteiger partial charge in [0, 0.05) is 0 Å². The minimum absolute atomic E-state index is 0.604. The molecule has 3 rings (SSSR count). The third-order valence-electron chi connectivity index (χ3n) is 3.67. The van der Waals surface area contributed by atoms with Gasteiger partial charge in [0.1, 0.15) is 12.7 Å². The van der Waals surface area contributed by atoms with E-state index in [-0.39, 0.29) is 0 Å². The molecule has 1 heterocycles. The summed E-state index contributed by atoms with van der Waals surface area (Å²) in [6.07, 6.45) is 13.3. The lowest BCUT2D eigenvalue weighted by Crippen LogP contribution is -2.08. The molecule has 0 N–H and O–H groups in total. The van der Waals surface area contributed by atoms with Crippen molar-refractivity contribution < 1.29 is 0 Å². The topological polar surface area (TPSA) is 30.7 Å². The third-order valence-corrected chi connectivity index (χ3v) is 3.67. The highest BCUT2D eigenvalue weighted by atomic mass is 15.3. The van der Waals surface area contributed by atoms with Gasteiger partial charge < -0.3 is 0 Å². The minimum atomic E-state index is 0.604. The Bertz CT molecular complexity index is 312. The van der Waals surface area contributed by atoms with Crippen LogP contribution in [0.4, 0.5) is 0 Å². The smallest absolute Gasteiger partial charge is 0.137 e. The molecule has 0 amide bonds. The summed E-state index contributed by atoms with van der Waals surface area (Å²) in [6.45, 7) is 0. The number of fused-ring (bicyclic) bond motifs is 1. The van der Waals surface area contributed by atoms with Crippen molar-refractivity contribution in [3.63, 3.8) is 0 Å². The Balaban J connectivity index is 1.76. The highest BCUT2D eigenvalue weighted by molar-refractivity contribution is 4.99. The first-order valence-electron chi connectivity index (χ1n) is 5.42. The Hall–Kier alpha value is -1.12. The summed E-state index contributed by atoms with van der Waals surface area (Å²) in [6, 6.07) is 0.604. The Labute approximate surface area is 83.8 Å². The molecule has 0 saturated heterocycles. The van der Waals surface area contributed by atoms with E-state index in [9.17, 15) is 0 Å². The Kier molecular flexibility index (Phi) is 1.89. The SMILES string of the molecule is C1=CC[C@H]2CC(n3cncn3)C[C@@H]2C1. The fraction of sp³-hybridized carbons (Fsp3) is 0.636. The molecular weight excluding hydrogens is 174 g/mol. The fourth-order valence-corrected chi connectivity index (χ4v) is 2.92. The molecule has 0 unspecified atom stereocenters. The molecular formula is C11H15N3. The van der Waals surface area contributed by atoms with Crippen LogP contribution in [0.2, 0.25) is 0 Å². The summed E-state index contributed by atoms with van der Waals surface area (Å²) in [5, 5.41) is 4.24. The molecule has 0 radical (unpaired) electrons. The highest BCUT2D eigenvalue weighted by Gasteiger charge is 2.35. The van der Waals surface area contributed by atoms with Crippen molar-refractivity contribution in [2.45, 2.75) is 31.7 Å². The predicted octanol–water partition coefficient (Wildman–Crippen LogP) is 2.20. The number of aromatic nitrogens is 3. The quantitative estimate of drug-likeness (QED) is 0.634. The molecule has 0 aromatic carbocycles. The molecule has 2 atom stereocenters. The largest absolute Gasteiger partial charge is 0.250 e. The van der Waals surface area contributed by atoms with Crippen molar-refractivity contribution in [3.8, 4) is 0 Å². The summed E-state index contributed by atoms with van der Waals surface area (Å²) in [4.78, 5) is 4.02. The number of allylic oxidation sites excluding steroid dienone is 2. The van der Waals surface area contributed by atoms with Crippen molar-refractivity contribution in [1.82, 2.24) is 14.8 Å². The second kappa shape index (κ2) is 3.23. The molecule has 1 fully saturated rings. The molecule has 2 aliphatic rings. The molecule has 0 spiro atoms. The van der Waals surface area contributed by atoms with Crippen LogP contribution in [0.25, 0.3) is 0 Å². The van der Waals surface area contributed by atoms with Gasteiger partial charge in [0.25, 0.3) is 0 Å². The summed E-state index contributed by atoms with van der Waals surface area (Å²) >= 11 is 0. The van der Waals surface area contributed by atoms with Crippen LogP contribution in [0, 0.1) is 11.8 Å². The predicted molar refractivity (Wildman–Crippen MR) is 53.6 cm³/mol. The first-order valence-corrected chi connectivity index (χ1v) is 5.42. The number of nitrogens with zero attached hydrogens (tertiary/aromatic N) is 3. The lowest BCUT2D eigenvalue weighted by Gasteiger charge is -2.19. The van der Waals surface area contributed by atoms with E-state index in [1.54, 1.807) is 6.33 Å². The van der Waals surface area contributed by atoms with Crippen LogP contribution >= 0.6 is 0 Å². The summed E-state index contributed by atoms with van der Waals surface area (Å²) < 4.78 is 2.04. The second-order valence-corrected chi connectivity index (χ2v) is 4.46. The number of hydrogen-bond donors (Lipinski definition) is 0. The fourth-order valence-electron chi connectivity index (χ4n) is 2.92. The zero-order chi connectivity index (χ0) is 9.38. The average Bonchev–Trinajstić information content (AvgIpc) is 2.86. The van der Waals surface area contributed by atoms with Gasteiger partial charge >= 0.3 is 0 Å². The first-order chi connectivity index (χ1) is 6.93. The lowest BCUT2D eigenvalue weighted by molar-refractivity contribution is 0.380. The van der Waals surface area contributed by atoms with Crippen molar-refractivity contribution in [3.05, 3.63) is 24.8 Å². The van der Waals surface area contributed by atoms with E-state index >= 15 is 0 Å². The molecule has 3 nitrogen and oxygen atoms in total. The van der Waals surface area contributed by atoms with Gasteiger partial charge in [-0.2, -0.15) is 5.10 Å². The van der Waals surface area contributed by atoms with Crippen LogP contribution in [0.15, 0.2) is 24.8 Å². The van der Waals surface area contributed by atoms with Gasteiger partial charge in [-0.05, 0) is 37.5 Å². The van der Waals surface area contributed by atoms with Crippen LogP contribution in [-0.2, 0) is 0 Å². The number of rotatable bonds is 1. The van der Waals surface area contributed by atoms with Crippen molar-refractivity contribution in [1.29, 1.82) is 0 Å². The van der Waals surface area contributed by atoms with Gasteiger partial charge in [-0.3, -0.25) is 0 Å². The van der Waals surface area contributed by atoms with Crippen molar-refractivity contribution >= 4 is 0 Å². The number of hydrogen-bond acceptors (Lipinski definition) is 2. The van der Waals surface area contributed by atoms with Gasteiger partial charge in [0.2, 0.25) is 0 Å². The minimum Gasteiger partial charge on any atom is -0.250 e. The first kappa shape index (κ1) is 8.21. The van der Waals surface area contributed by atoms with Crippen molar-refractivity contribution in [2.75, 3.05) is 0 Å². The zero-order valence-electron chi connectivity index (χ0n) is 8.21. The molecule has 74 valence electrons. The van der Waals surface area contributed by atoms with Crippen LogP contribution in [0.5, 0.6) is 0 Å². The van der Waals surface area contributed by atoms with E-state index in [4.69, 9.17) is 0 Å². The second-order valence-electron chi connectivity index (χ2n) is 4.46. The Morgan fingerprint density at radius 2 is 1.79 bits per heavy atom. The van der Waals surface area contributed by atoms with E-state index < -0.39 is 0 Å². The highest BCUT2D eigenvalue weighted by Crippen LogP contribution is 2.44. The van der Waals surface area contributed by atoms with Gasteiger partial charge in [-0.15, -0.1) is 0 Å². The lowest BCUT2D eigenvalue weighted by atomic mass is 9.86.